The summed E-state index contributed by atoms with van der Waals surface area (Å²) in [6.45, 7) is 0.124. The smallest absolute Gasteiger partial charge is 0.0629 e. The molecule has 0 aliphatic rings. The molecule has 0 amide bonds. The van der Waals surface area contributed by atoms with Gasteiger partial charge in [-0.2, -0.15) is 0 Å². The molecule has 3 nitrogen and oxygen atoms in total. The zero-order valence-electron chi connectivity index (χ0n) is 7.44. The molecule has 1 aromatic rings. The van der Waals surface area contributed by atoms with Gasteiger partial charge in [0.15, 0.2) is 0 Å². The van der Waals surface area contributed by atoms with E-state index in [0.29, 0.717) is 0 Å². The van der Waals surface area contributed by atoms with Gasteiger partial charge in [0.2, 0.25) is 0 Å². The number of aromatic nitrogens is 1. The number of pyridine rings is 1. The Labute approximate surface area is 72.7 Å². The van der Waals surface area contributed by atoms with Gasteiger partial charge in [-0.1, -0.05) is 6.07 Å². The molecule has 0 saturated carbocycles. The summed E-state index contributed by atoms with van der Waals surface area (Å²) in [7, 11) is 3.88. The standard InChI is InChI=1S/C9H14N2O/c1-11(2)9(7-12)8-4-3-5-10-6-8/h3-6,9,12H,7H2,1-2H3. The Morgan fingerprint density at radius 1 is 1.58 bits per heavy atom. The molecule has 1 atom stereocenters. The SMILES string of the molecule is CN(C)C(CO)c1cccnc1. The van der Waals surface area contributed by atoms with Crippen LogP contribution < -0.4 is 0 Å². The first-order chi connectivity index (χ1) is 5.75. The highest BCUT2D eigenvalue weighted by Crippen LogP contribution is 2.14. The zero-order valence-corrected chi connectivity index (χ0v) is 7.44. The maximum absolute atomic E-state index is 9.08. The lowest BCUT2D eigenvalue weighted by Crippen LogP contribution is -2.23. The number of hydrogen-bond donors (Lipinski definition) is 1. The van der Waals surface area contributed by atoms with Crippen molar-refractivity contribution in [1.29, 1.82) is 0 Å². The van der Waals surface area contributed by atoms with E-state index < -0.39 is 0 Å². The van der Waals surface area contributed by atoms with Gasteiger partial charge in [-0.15, -0.1) is 0 Å². The average molecular weight is 166 g/mol. The molecule has 0 aromatic carbocycles. The van der Waals surface area contributed by atoms with Gasteiger partial charge in [0, 0.05) is 12.4 Å². The summed E-state index contributed by atoms with van der Waals surface area (Å²) in [5.41, 5.74) is 1.05. The van der Waals surface area contributed by atoms with Crippen molar-refractivity contribution in [2.45, 2.75) is 6.04 Å². The third kappa shape index (κ3) is 2.03. The summed E-state index contributed by atoms with van der Waals surface area (Å²) in [4.78, 5) is 5.97. The normalized spacial score (nSPS) is 13.3. The summed E-state index contributed by atoms with van der Waals surface area (Å²) >= 11 is 0. The minimum atomic E-state index is 0.0544. The Morgan fingerprint density at radius 2 is 2.33 bits per heavy atom. The summed E-state index contributed by atoms with van der Waals surface area (Å²) < 4.78 is 0. The van der Waals surface area contributed by atoms with Gasteiger partial charge >= 0.3 is 0 Å². The van der Waals surface area contributed by atoms with Gasteiger partial charge in [-0.05, 0) is 25.7 Å². The molecular weight excluding hydrogens is 152 g/mol. The van der Waals surface area contributed by atoms with Crippen molar-refractivity contribution in [2.75, 3.05) is 20.7 Å². The van der Waals surface area contributed by atoms with Crippen LogP contribution in [0, 0.1) is 0 Å². The second-order valence-electron chi connectivity index (χ2n) is 2.95. The highest BCUT2D eigenvalue weighted by atomic mass is 16.3. The maximum Gasteiger partial charge on any atom is 0.0629 e. The highest BCUT2D eigenvalue weighted by Gasteiger charge is 2.11. The number of aliphatic hydroxyl groups is 1. The van der Waals surface area contributed by atoms with Crippen LogP contribution in [0.5, 0.6) is 0 Å². The Hall–Kier alpha value is -0.930. The van der Waals surface area contributed by atoms with Crippen LogP contribution in [0.2, 0.25) is 0 Å². The van der Waals surface area contributed by atoms with E-state index in [4.69, 9.17) is 5.11 Å². The predicted molar refractivity (Wildman–Crippen MR) is 47.8 cm³/mol. The van der Waals surface area contributed by atoms with Crippen molar-refractivity contribution >= 4 is 0 Å². The first-order valence-electron chi connectivity index (χ1n) is 3.93. The van der Waals surface area contributed by atoms with Gasteiger partial charge < -0.3 is 10.0 Å². The van der Waals surface area contributed by atoms with E-state index in [1.54, 1.807) is 12.4 Å². The largest absolute Gasteiger partial charge is 0.394 e. The topological polar surface area (TPSA) is 36.4 Å². The molecule has 1 aromatic heterocycles. The van der Waals surface area contributed by atoms with Crippen molar-refractivity contribution in [3.63, 3.8) is 0 Å². The molecule has 3 heteroatoms. The van der Waals surface area contributed by atoms with E-state index in [0.717, 1.165) is 5.56 Å². The molecule has 66 valence electrons. The Balaban J connectivity index is 2.80. The fourth-order valence-electron chi connectivity index (χ4n) is 1.14. The fourth-order valence-corrected chi connectivity index (χ4v) is 1.14. The third-order valence-corrected chi connectivity index (χ3v) is 1.87. The lowest BCUT2D eigenvalue weighted by atomic mass is 10.1. The molecule has 1 unspecified atom stereocenters. The zero-order chi connectivity index (χ0) is 8.97. The van der Waals surface area contributed by atoms with Gasteiger partial charge in [0.1, 0.15) is 0 Å². The van der Waals surface area contributed by atoms with Crippen LogP contribution in [0.1, 0.15) is 11.6 Å². The minimum Gasteiger partial charge on any atom is -0.394 e. The third-order valence-electron chi connectivity index (χ3n) is 1.87. The quantitative estimate of drug-likeness (QED) is 0.717. The number of likely N-dealkylation sites (N-methyl/N-ethyl adjacent to an activating group) is 1. The van der Waals surface area contributed by atoms with Gasteiger partial charge in [0.25, 0.3) is 0 Å². The van der Waals surface area contributed by atoms with Crippen molar-refractivity contribution < 1.29 is 5.11 Å². The van der Waals surface area contributed by atoms with E-state index in [-0.39, 0.29) is 12.6 Å². The molecule has 12 heavy (non-hydrogen) atoms. The second kappa shape index (κ2) is 4.18. The lowest BCUT2D eigenvalue weighted by Gasteiger charge is -2.21. The van der Waals surface area contributed by atoms with Crippen LogP contribution in [-0.4, -0.2) is 35.7 Å². The molecular formula is C9H14N2O. The molecule has 0 aliphatic carbocycles. The van der Waals surface area contributed by atoms with Crippen LogP contribution in [0.4, 0.5) is 0 Å². The molecule has 0 bridgehead atoms. The number of rotatable bonds is 3. The molecule has 0 spiro atoms. The fraction of sp³-hybridized carbons (Fsp3) is 0.444. The summed E-state index contributed by atoms with van der Waals surface area (Å²) in [6, 6.07) is 3.90. The first kappa shape index (κ1) is 9.16. The van der Waals surface area contributed by atoms with Crippen LogP contribution in [0.25, 0.3) is 0 Å². The van der Waals surface area contributed by atoms with Crippen molar-refractivity contribution in [2.24, 2.45) is 0 Å². The van der Waals surface area contributed by atoms with Crippen LogP contribution in [0.15, 0.2) is 24.5 Å². The van der Waals surface area contributed by atoms with Crippen molar-refractivity contribution in [3.8, 4) is 0 Å². The molecule has 0 aliphatic heterocycles. The van der Waals surface area contributed by atoms with Crippen LogP contribution >= 0.6 is 0 Å². The molecule has 0 radical (unpaired) electrons. The Morgan fingerprint density at radius 3 is 2.75 bits per heavy atom. The lowest BCUT2D eigenvalue weighted by molar-refractivity contribution is 0.170. The number of aliphatic hydroxyl groups excluding tert-OH is 1. The van der Waals surface area contributed by atoms with Gasteiger partial charge in [-0.25, -0.2) is 0 Å². The highest BCUT2D eigenvalue weighted by molar-refractivity contribution is 5.13. The second-order valence-corrected chi connectivity index (χ2v) is 2.95. The monoisotopic (exact) mass is 166 g/mol. The maximum atomic E-state index is 9.08. The van der Waals surface area contributed by atoms with E-state index in [1.165, 1.54) is 0 Å². The first-order valence-corrected chi connectivity index (χ1v) is 3.93. The number of hydrogen-bond acceptors (Lipinski definition) is 3. The van der Waals surface area contributed by atoms with Crippen LogP contribution in [-0.2, 0) is 0 Å². The Kier molecular flexibility index (Phi) is 3.19. The molecule has 0 saturated heterocycles. The average Bonchev–Trinajstić information content (AvgIpc) is 2.07. The molecule has 1 rings (SSSR count). The molecule has 0 fully saturated rings. The summed E-state index contributed by atoms with van der Waals surface area (Å²) in [5, 5.41) is 9.08. The molecule has 1 heterocycles. The van der Waals surface area contributed by atoms with E-state index in [1.807, 2.05) is 31.1 Å². The number of nitrogens with zero attached hydrogens (tertiary/aromatic N) is 2. The Bertz CT molecular complexity index is 223. The summed E-state index contributed by atoms with van der Waals surface area (Å²) in [5.74, 6) is 0. The van der Waals surface area contributed by atoms with E-state index >= 15 is 0 Å². The van der Waals surface area contributed by atoms with Gasteiger partial charge in [-0.3, -0.25) is 4.98 Å². The molecule has 1 N–H and O–H groups in total. The summed E-state index contributed by atoms with van der Waals surface area (Å²) in [6.07, 6.45) is 3.51. The van der Waals surface area contributed by atoms with E-state index in [9.17, 15) is 0 Å². The predicted octanol–water partition coefficient (Wildman–Crippen LogP) is 0.677. The van der Waals surface area contributed by atoms with E-state index in [2.05, 4.69) is 4.98 Å². The minimum absolute atomic E-state index is 0.0544. The van der Waals surface area contributed by atoms with Crippen molar-refractivity contribution in [1.82, 2.24) is 9.88 Å². The van der Waals surface area contributed by atoms with Crippen LogP contribution in [0.3, 0.4) is 0 Å². The van der Waals surface area contributed by atoms with Crippen molar-refractivity contribution in [3.05, 3.63) is 30.1 Å². The van der Waals surface area contributed by atoms with Gasteiger partial charge in [0.05, 0.1) is 12.6 Å².